The highest BCUT2D eigenvalue weighted by atomic mass is 35.5. The quantitative estimate of drug-likeness (QED) is 0.590. The Bertz CT molecular complexity index is 582. The highest BCUT2D eigenvalue weighted by molar-refractivity contribution is 6.31. The van der Waals surface area contributed by atoms with E-state index in [-0.39, 0.29) is 6.04 Å². The van der Waals surface area contributed by atoms with Gasteiger partial charge in [0.05, 0.1) is 7.11 Å². The molecular weight excluding hydrogens is 306 g/mol. The van der Waals surface area contributed by atoms with Gasteiger partial charge in [-0.05, 0) is 35.7 Å². The average Bonchev–Trinajstić information content (AvgIpc) is 2.59. The van der Waals surface area contributed by atoms with Crippen LogP contribution in [0.2, 0.25) is 5.02 Å². The fraction of sp³-hybridized carbons (Fsp3) is 0.400. The summed E-state index contributed by atoms with van der Waals surface area (Å²) in [7, 11) is 1.69. The maximum absolute atomic E-state index is 6.40. The predicted octanol–water partition coefficient (Wildman–Crippen LogP) is 5.76. The molecule has 0 bridgehead atoms. The number of ether oxygens (including phenoxy) is 1. The van der Waals surface area contributed by atoms with Gasteiger partial charge in [-0.3, -0.25) is 0 Å². The Morgan fingerprint density at radius 3 is 2.43 bits per heavy atom. The molecule has 2 aromatic rings. The fourth-order valence-electron chi connectivity index (χ4n) is 2.71. The van der Waals surface area contributed by atoms with Crippen molar-refractivity contribution in [3.63, 3.8) is 0 Å². The van der Waals surface area contributed by atoms with E-state index in [2.05, 4.69) is 36.5 Å². The minimum atomic E-state index is 0.289. The summed E-state index contributed by atoms with van der Waals surface area (Å²) in [6, 6.07) is 16.6. The molecule has 23 heavy (non-hydrogen) atoms. The molecule has 1 atom stereocenters. The van der Waals surface area contributed by atoms with Crippen LogP contribution in [0.3, 0.4) is 0 Å². The zero-order valence-electron chi connectivity index (χ0n) is 14.0. The Morgan fingerprint density at radius 2 is 1.78 bits per heavy atom. The van der Waals surface area contributed by atoms with Crippen molar-refractivity contribution in [2.24, 2.45) is 0 Å². The lowest BCUT2D eigenvalue weighted by atomic mass is 10.00. The first-order valence-electron chi connectivity index (χ1n) is 8.35. The second-order valence-electron chi connectivity index (χ2n) is 5.80. The average molecular weight is 332 g/mol. The molecule has 0 aliphatic heterocycles. The van der Waals surface area contributed by atoms with Gasteiger partial charge in [-0.2, -0.15) is 0 Å². The van der Waals surface area contributed by atoms with Gasteiger partial charge in [0.2, 0.25) is 0 Å². The molecule has 0 aromatic heterocycles. The van der Waals surface area contributed by atoms with E-state index in [4.69, 9.17) is 16.3 Å². The van der Waals surface area contributed by atoms with E-state index in [0.29, 0.717) is 0 Å². The largest absolute Gasteiger partial charge is 0.497 e. The van der Waals surface area contributed by atoms with Gasteiger partial charge in [-0.1, -0.05) is 68.1 Å². The first-order valence-corrected chi connectivity index (χ1v) is 8.73. The second-order valence-corrected chi connectivity index (χ2v) is 6.21. The van der Waals surface area contributed by atoms with Crippen LogP contribution in [0.5, 0.6) is 5.75 Å². The van der Waals surface area contributed by atoms with Crippen LogP contribution in [-0.2, 0) is 6.54 Å². The van der Waals surface area contributed by atoms with Gasteiger partial charge in [0.1, 0.15) is 5.75 Å². The molecule has 0 fully saturated rings. The maximum atomic E-state index is 6.40. The number of nitrogens with one attached hydrogen (secondary N) is 1. The molecule has 124 valence electrons. The molecule has 0 aliphatic rings. The number of hydrogen-bond acceptors (Lipinski definition) is 2. The van der Waals surface area contributed by atoms with Crippen molar-refractivity contribution in [2.75, 3.05) is 7.11 Å². The highest BCUT2D eigenvalue weighted by Gasteiger charge is 2.13. The monoisotopic (exact) mass is 331 g/mol. The van der Waals surface area contributed by atoms with Gasteiger partial charge in [-0.25, -0.2) is 0 Å². The number of rotatable bonds is 9. The summed E-state index contributed by atoms with van der Waals surface area (Å²) in [6.45, 7) is 3.06. The van der Waals surface area contributed by atoms with Crippen LogP contribution in [0.4, 0.5) is 0 Å². The SMILES string of the molecule is CCCCCC(NCc1ccc(OC)cc1)c1ccccc1Cl. The van der Waals surface area contributed by atoms with Gasteiger partial charge >= 0.3 is 0 Å². The summed E-state index contributed by atoms with van der Waals surface area (Å²) in [5.74, 6) is 0.888. The molecule has 0 spiro atoms. The molecule has 0 saturated carbocycles. The molecule has 2 rings (SSSR count). The van der Waals surface area contributed by atoms with Crippen LogP contribution < -0.4 is 10.1 Å². The lowest BCUT2D eigenvalue weighted by Gasteiger charge is -2.20. The molecule has 0 saturated heterocycles. The number of halogens is 1. The predicted molar refractivity (Wildman–Crippen MR) is 98.2 cm³/mol. The van der Waals surface area contributed by atoms with E-state index in [1.54, 1.807) is 7.11 Å². The minimum Gasteiger partial charge on any atom is -0.497 e. The Labute approximate surface area is 144 Å². The van der Waals surface area contributed by atoms with Crippen LogP contribution in [0.25, 0.3) is 0 Å². The first-order chi connectivity index (χ1) is 11.2. The van der Waals surface area contributed by atoms with Gasteiger partial charge in [0.25, 0.3) is 0 Å². The number of methoxy groups -OCH3 is 1. The molecule has 0 radical (unpaired) electrons. The topological polar surface area (TPSA) is 21.3 Å². The number of hydrogen-bond donors (Lipinski definition) is 1. The molecule has 1 N–H and O–H groups in total. The number of benzene rings is 2. The summed E-state index contributed by atoms with van der Waals surface area (Å²) in [4.78, 5) is 0. The zero-order valence-corrected chi connectivity index (χ0v) is 14.8. The summed E-state index contributed by atoms with van der Waals surface area (Å²) in [5.41, 5.74) is 2.44. The van der Waals surface area contributed by atoms with Crippen LogP contribution in [0.1, 0.15) is 49.8 Å². The van der Waals surface area contributed by atoms with Gasteiger partial charge in [-0.15, -0.1) is 0 Å². The van der Waals surface area contributed by atoms with Crippen molar-refractivity contribution < 1.29 is 4.74 Å². The van der Waals surface area contributed by atoms with E-state index in [0.717, 1.165) is 23.7 Å². The molecule has 3 heteroatoms. The lowest BCUT2D eigenvalue weighted by molar-refractivity contribution is 0.414. The molecule has 2 aromatic carbocycles. The Balaban J connectivity index is 2.03. The third-order valence-corrected chi connectivity index (χ3v) is 4.43. The third kappa shape index (κ3) is 5.56. The summed E-state index contributed by atoms with van der Waals surface area (Å²) < 4.78 is 5.21. The van der Waals surface area contributed by atoms with Crippen molar-refractivity contribution in [1.29, 1.82) is 0 Å². The van der Waals surface area contributed by atoms with Gasteiger partial charge < -0.3 is 10.1 Å². The highest BCUT2D eigenvalue weighted by Crippen LogP contribution is 2.27. The Hall–Kier alpha value is -1.51. The molecule has 1 unspecified atom stereocenters. The molecule has 0 heterocycles. The molecule has 2 nitrogen and oxygen atoms in total. The zero-order chi connectivity index (χ0) is 16.5. The van der Waals surface area contributed by atoms with Gasteiger partial charge in [0.15, 0.2) is 0 Å². The van der Waals surface area contributed by atoms with E-state index < -0.39 is 0 Å². The fourth-order valence-corrected chi connectivity index (χ4v) is 2.98. The van der Waals surface area contributed by atoms with Crippen LogP contribution in [0, 0.1) is 0 Å². The van der Waals surface area contributed by atoms with Crippen molar-refractivity contribution >= 4 is 11.6 Å². The standard InChI is InChI=1S/C20H26ClNO/c1-3-4-5-10-20(18-8-6-7-9-19(18)21)22-15-16-11-13-17(23-2)14-12-16/h6-9,11-14,20,22H,3-5,10,15H2,1-2H3. The van der Waals surface area contributed by atoms with Gasteiger partial charge in [0, 0.05) is 17.6 Å². The molecule has 0 aliphatic carbocycles. The lowest BCUT2D eigenvalue weighted by Crippen LogP contribution is -2.21. The second kappa shape index (κ2) is 9.59. The first kappa shape index (κ1) is 17.8. The molecular formula is C20H26ClNO. The summed E-state index contributed by atoms with van der Waals surface area (Å²) >= 11 is 6.40. The van der Waals surface area contributed by atoms with E-state index in [1.165, 1.54) is 30.4 Å². The minimum absolute atomic E-state index is 0.289. The van der Waals surface area contributed by atoms with Crippen molar-refractivity contribution in [1.82, 2.24) is 5.32 Å². The maximum Gasteiger partial charge on any atom is 0.118 e. The van der Waals surface area contributed by atoms with Crippen molar-refractivity contribution in [3.05, 3.63) is 64.7 Å². The van der Waals surface area contributed by atoms with Crippen LogP contribution in [-0.4, -0.2) is 7.11 Å². The Kier molecular flexibility index (Phi) is 7.44. The van der Waals surface area contributed by atoms with Crippen molar-refractivity contribution in [3.8, 4) is 5.75 Å². The van der Waals surface area contributed by atoms with Crippen LogP contribution >= 0.6 is 11.6 Å². The Morgan fingerprint density at radius 1 is 1.04 bits per heavy atom. The third-order valence-electron chi connectivity index (χ3n) is 4.09. The van der Waals surface area contributed by atoms with E-state index in [9.17, 15) is 0 Å². The summed E-state index contributed by atoms with van der Waals surface area (Å²) in [6.07, 6.45) is 4.80. The number of unbranched alkanes of at least 4 members (excludes halogenated alkanes) is 2. The van der Waals surface area contributed by atoms with E-state index >= 15 is 0 Å². The molecule has 0 amide bonds. The van der Waals surface area contributed by atoms with Crippen LogP contribution in [0.15, 0.2) is 48.5 Å². The summed E-state index contributed by atoms with van der Waals surface area (Å²) in [5, 5.41) is 4.51. The van der Waals surface area contributed by atoms with E-state index in [1.807, 2.05) is 24.3 Å². The normalized spacial score (nSPS) is 12.1. The smallest absolute Gasteiger partial charge is 0.118 e. The van der Waals surface area contributed by atoms with Crippen molar-refractivity contribution in [2.45, 2.75) is 45.2 Å².